The Morgan fingerprint density at radius 3 is 2.69 bits per heavy atom. The standard InChI is InChI=1S/C12H24N2O2/c1-2-11(6-10-15)13-12(16)5-9-14-7-3-4-8-14/h11,15H,2-10H2,1H3,(H,13,16). The summed E-state index contributed by atoms with van der Waals surface area (Å²) in [6.45, 7) is 5.33. The van der Waals surface area contributed by atoms with E-state index in [1.165, 1.54) is 12.8 Å². The number of hydrogen-bond donors (Lipinski definition) is 2. The Kier molecular flexibility index (Phi) is 6.42. The van der Waals surface area contributed by atoms with Gasteiger partial charge >= 0.3 is 0 Å². The highest BCUT2D eigenvalue weighted by Crippen LogP contribution is 2.07. The molecule has 4 heteroatoms. The molecule has 0 saturated carbocycles. The summed E-state index contributed by atoms with van der Waals surface area (Å²) in [7, 11) is 0. The highest BCUT2D eigenvalue weighted by Gasteiger charge is 2.14. The molecule has 2 N–H and O–H groups in total. The van der Waals surface area contributed by atoms with Gasteiger partial charge in [0.05, 0.1) is 0 Å². The number of nitrogens with zero attached hydrogens (tertiary/aromatic N) is 1. The van der Waals surface area contributed by atoms with Crippen LogP contribution in [-0.2, 0) is 4.79 Å². The molecule has 0 spiro atoms. The van der Waals surface area contributed by atoms with Gasteiger partial charge in [-0.25, -0.2) is 0 Å². The van der Waals surface area contributed by atoms with E-state index in [2.05, 4.69) is 10.2 Å². The lowest BCUT2D eigenvalue weighted by Crippen LogP contribution is -2.37. The fourth-order valence-corrected chi connectivity index (χ4v) is 2.10. The van der Waals surface area contributed by atoms with Crippen LogP contribution in [0.15, 0.2) is 0 Å². The van der Waals surface area contributed by atoms with Gasteiger partial charge in [-0.15, -0.1) is 0 Å². The summed E-state index contributed by atoms with van der Waals surface area (Å²) in [5, 5.41) is 11.8. The van der Waals surface area contributed by atoms with Crippen molar-refractivity contribution in [2.75, 3.05) is 26.2 Å². The summed E-state index contributed by atoms with van der Waals surface area (Å²) >= 11 is 0. The zero-order valence-corrected chi connectivity index (χ0v) is 10.2. The topological polar surface area (TPSA) is 52.6 Å². The van der Waals surface area contributed by atoms with Gasteiger partial charge in [-0.05, 0) is 38.8 Å². The van der Waals surface area contributed by atoms with Gasteiger partial charge in [-0.1, -0.05) is 6.92 Å². The molecule has 1 saturated heterocycles. The molecule has 0 aromatic rings. The summed E-state index contributed by atoms with van der Waals surface area (Å²) in [5.41, 5.74) is 0. The average molecular weight is 228 g/mol. The molecule has 1 unspecified atom stereocenters. The molecule has 0 radical (unpaired) electrons. The Hall–Kier alpha value is -0.610. The number of aliphatic hydroxyl groups is 1. The second kappa shape index (κ2) is 7.63. The molecule has 1 fully saturated rings. The maximum atomic E-state index is 11.6. The van der Waals surface area contributed by atoms with Crippen LogP contribution in [0.3, 0.4) is 0 Å². The monoisotopic (exact) mass is 228 g/mol. The average Bonchev–Trinajstić information content (AvgIpc) is 2.78. The maximum absolute atomic E-state index is 11.6. The van der Waals surface area contributed by atoms with E-state index in [1.807, 2.05) is 6.92 Å². The van der Waals surface area contributed by atoms with Crippen molar-refractivity contribution in [2.24, 2.45) is 0 Å². The van der Waals surface area contributed by atoms with Crippen LogP contribution in [0.25, 0.3) is 0 Å². The molecule has 1 aliphatic rings. The molecular formula is C12H24N2O2. The molecule has 1 atom stereocenters. The summed E-state index contributed by atoms with van der Waals surface area (Å²) < 4.78 is 0. The molecule has 1 heterocycles. The summed E-state index contributed by atoms with van der Waals surface area (Å²) in [4.78, 5) is 14.0. The fraction of sp³-hybridized carbons (Fsp3) is 0.917. The molecule has 1 amide bonds. The fourth-order valence-electron chi connectivity index (χ4n) is 2.10. The minimum Gasteiger partial charge on any atom is -0.396 e. The van der Waals surface area contributed by atoms with E-state index in [4.69, 9.17) is 5.11 Å². The zero-order chi connectivity index (χ0) is 11.8. The van der Waals surface area contributed by atoms with Gasteiger partial charge in [0.1, 0.15) is 0 Å². The van der Waals surface area contributed by atoms with Gasteiger partial charge in [-0.2, -0.15) is 0 Å². The number of rotatable bonds is 7. The Morgan fingerprint density at radius 2 is 2.12 bits per heavy atom. The summed E-state index contributed by atoms with van der Waals surface area (Å²) in [5.74, 6) is 0.118. The number of carbonyl (C=O) groups excluding carboxylic acids is 1. The van der Waals surface area contributed by atoms with Crippen molar-refractivity contribution in [3.05, 3.63) is 0 Å². The van der Waals surface area contributed by atoms with E-state index >= 15 is 0 Å². The largest absolute Gasteiger partial charge is 0.396 e. The first kappa shape index (κ1) is 13.5. The molecular weight excluding hydrogens is 204 g/mol. The zero-order valence-electron chi connectivity index (χ0n) is 10.2. The van der Waals surface area contributed by atoms with Crippen LogP contribution in [0.2, 0.25) is 0 Å². The first-order valence-corrected chi connectivity index (χ1v) is 6.38. The normalized spacial score (nSPS) is 18.6. The third-order valence-electron chi connectivity index (χ3n) is 3.19. The van der Waals surface area contributed by atoms with E-state index in [0.717, 1.165) is 26.1 Å². The Balaban J connectivity index is 2.13. The van der Waals surface area contributed by atoms with Crippen LogP contribution < -0.4 is 5.32 Å². The number of hydrogen-bond acceptors (Lipinski definition) is 3. The van der Waals surface area contributed by atoms with Gasteiger partial charge < -0.3 is 15.3 Å². The lowest BCUT2D eigenvalue weighted by molar-refractivity contribution is -0.122. The second-order valence-corrected chi connectivity index (χ2v) is 4.48. The number of nitrogens with one attached hydrogen (secondary N) is 1. The van der Waals surface area contributed by atoms with Crippen LogP contribution in [0.5, 0.6) is 0 Å². The molecule has 4 nitrogen and oxygen atoms in total. The second-order valence-electron chi connectivity index (χ2n) is 4.48. The Bertz CT molecular complexity index is 203. The van der Waals surface area contributed by atoms with E-state index < -0.39 is 0 Å². The predicted molar refractivity (Wildman–Crippen MR) is 64.2 cm³/mol. The number of likely N-dealkylation sites (tertiary alicyclic amines) is 1. The Morgan fingerprint density at radius 1 is 1.44 bits per heavy atom. The van der Waals surface area contributed by atoms with Crippen LogP contribution in [0, 0.1) is 0 Å². The van der Waals surface area contributed by atoms with Gasteiger partial charge in [0, 0.05) is 25.6 Å². The lowest BCUT2D eigenvalue weighted by Gasteiger charge is -2.18. The smallest absolute Gasteiger partial charge is 0.221 e. The van der Waals surface area contributed by atoms with Crippen molar-refractivity contribution >= 4 is 5.91 Å². The van der Waals surface area contributed by atoms with E-state index in [1.54, 1.807) is 0 Å². The van der Waals surface area contributed by atoms with E-state index in [-0.39, 0.29) is 18.6 Å². The van der Waals surface area contributed by atoms with Crippen LogP contribution in [0.4, 0.5) is 0 Å². The highest BCUT2D eigenvalue weighted by molar-refractivity contribution is 5.76. The summed E-state index contributed by atoms with van der Waals surface area (Å²) in [6.07, 6.45) is 4.66. The van der Waals surface area contributed by atoms with Crippen molar-refractivity contribution in [1.82, 2.24) is 10.2 Å². The molecule has 1 aliphatic heterocycles. The predicted octanol–water partition coefficient (Wildman–Crippen LogP) is 0.749. The van der Waals surface area contributed by atoms with Crippen molar-refractivity contribution < 1.29 is 9.90 Å². The van der Waals surface area contributed by atoms with Crippen molar-refractivity contribution in [1.29, 1.82) is 0 Å². The van der Waals surface area contributed by atoms with Gasteiger partial charge in [0.15, 0.2) is 0 Å². The van der Waals surface area contributed by atoms with E-state index in [9.17, 15) is 4.79 Å². The molecule has 0 aromatic carbocycles. The number of aliphatic hydroxyl groups excluding tert-OH is 1. The minimum absolute atomic E-state index is 0.118. The van der Waals surface area contributed by atoms with Crippen LogP contribution in [-0.4, -0.2) is 48.2 Å². The van der Waals surface area contributed by atoms with E-state index in [0.29, 0.717) is 12.8 Å². The number of amides is 1. The third-order valence-corrected chi connectivity index (χ3v) is 3.19. The summed E-state index contributed by atoms with van der Waals surface area (Å²) in [6, 6.07) is 0.135. The molecule has 0 aromatic heterocycles. The van der Waals surface area contributed by atoms with Crippen molar-refractivity contribution in [2.45, 2.75) is 45.1 Å². The minimum atomic E-state index is 0.118. The first-order chi connectivity index (χ1) is 7.76. The Labute approximate surface area is 98.0 Å². The van der Waals surface area contributed by atoms with Gasteiger partial charge in [-0.3, -0.25) is 4.79 Å². The SMILES string of the molecule is CCC(CCO)NC(=O)CCN1CCCC1. The van der Waals surface area contributed by atoms with Gasteiger partial charge in [0.2, 0.25) is 5.91 Å². The third kappa shape index (κ3) is 4.94. The van der Waals surface area contributed by atoms with Crippen LogP contribution >= 0.6 is 0 Å². The molecule has 94 valence electrons. The quantitative estimate of drug-likeness (QED) is 0.676. The molecule has 0 aliphatic carbocycles. The maximum Gasteiger partial charge on any atom is 0.221 e. The number of carbonyl (C=O) groups is 1. The molecule has 16 heavy (non-hydrogen) atoms. The lowest BCUT2D eigenvalue weighted by atomic mass is 10.1. The molecule has 1 rings (SSSR count). The van der Waals surface area contributed by atoms with Crippen molar-refractivity contribution in [3.63, 3.8) is 0 Å². The molecule has 0 bridgehead atoms. The van der Waals surface area contributed by atoms with Gasteiger partial charge in [0.25, 0.3) is 0 Å². The highest BCUT2D eigenvalue weighted by atomic mass is 16.3. The van der Waals surface area contributed by atoms with Crippen LogP contribution in [0.1, 0.15) is 39.0 Å². The first-order valence-electron chi connectivity index (χ1n) is 6.38. The van der Waals surface area contributed by atoms with Crippen molar-refractivity contribution in [3.8, 4) is 0 Å².